The van der Waals surface area contributed by atoms with Gasteiger partial charge in [-0.1, -0.05) is 18.2 Å². The minimum absolute atomic E-state index is 0.117. The highest BCUT2D eigenvalue weighted by Gasteiger charge is 2.08. The Balaban J connectivity index is 2.01. The zero-order chi connectivity index (χ0) is 13.7. The molecule has 0 aliphatic carbocycles. The van der Waals surface area contributed by atoms with Crippen LogP contribution in [0.15, 0.2) is 42.6 Å². The van der Waals surface area contributed by atoms with Gasteiger partial charge in [0.15, 0.2) is 0 Å². The lowest BCUT2D eigenvalue weighted by atomic mass is 10.1. The van der Waals surface area contributed by atoms with Gasteiger partial charge in [0, 0.05) is 24.8 Å². The first-order valence-corrected chi connectivity index (χ1v) is 5.87. The van der Waals surface area contributed by atoms with Crippen molar-refractivity contribution in [1.29, 1.82) is 0 Å². The van der Waals surface area contributed by atoms with Crippen LogP contribution < -0.4 is 11.1 Å². The van der Waals surface area contributed by atoms with Crippen LogP contribution in [-0.2, 0) is 13.1 Å². The van der Waals surface area contributed by atoms with E-state index in [1.165, 1.54) is 12.3 Å². The molecule has 1 heterocycles. The second-order valence-corrected chi connectivity index (χ2v) is 4.03. The fourth-order valence-corrected chi connectivity index (χ4v) is 1.62. The molecular formula is C14H14FN3O. The summed E-state index contributed by atoms with van der Waals surface area (Å²) < 4.78 is 13.7. The quantitative estimate of drug-likeness (QED) is 0.876. The van der Waals surface area contributed by atoms with Crippen molar-refractivity contribution in [2.24, 2.45) is 5.73 Å². The van der Waals surface area contributed by atoms with Crippen molar-refractivity contribution in [3.63, 3.8) is 0 Å². The van der Waals surface area contributed by atoms with Crippen molar-refractivity contribution in [2.75, 3.05) is 0 Å². The van der Waals surface area contributed by atoms with Gasteiger partial charge in [-0.05, 0) is 23.8 Å². The van der Waals surface area contributed by atoms with Gasteiger partial charge < -0.3 is 11.1 Å². The largest absolute Gasteiger partial charge is 0.347 e. The monoisotopic (exact) mass is 259 g/mol. The number of nitrogens with two attached hydrogens (primary N) is 1. The lowest BCUT2D eigenvalue weighted by Crippen LogP contribution is -2.24. The first kappa shape index (κ1) is 13.2. The van der Waals surface area contributed by atoms with Gasteiger partial charge in [-0.15, -0.1) is 0 Å². The second kappa shape index (κ2) is 6.06. The van der Waals surface area contributed by atoms with E-state index in [2.05, 4.69) is 10.3 Å². The van der Waals surface area contributed by atoms with Crippen LogP contribution in [0.1, 0.15) is 21.6 Å². The number of rotatable bonds is 4. The molecule has 0 radical (unpaired) electrons. The first-order chi connectivity index (χ1) is 9.20. The molecule has 98 valence electrons. The second-order valence-electron chi connectivity index (χ2n) is 4.03. The summed E-state index contributed by atoms with van der Waals surface area (Å²) >= 11 is 0. The van der Waals surface area contributed by atoms with E-state index >= 15 is 0 Å². The van der Waals surface area contributed by atoms with Gasteiger partial charge in [0.25, 0.3) is 5.91 Å². The number of aromatic nitrogens is 1. The summed E-state index contributed by atoms with van der Waals surface area (Å²) in [7, 11) is 0. The van der Waals surface area contributed by atoms with Gasteiger partial charge in [0.1, 0.15) is 11.5 Å². The van der Waals surface area contributed by atoms with Crippen molar-refractivity contribution in [3.8, 4) is 0 Å². The number of pyridine rings is 1. The zero-order valence-electron chi connectivity index (χ0n) is 10.3. The SMILES string of the molecule is NCc1ccc(CNC(=O)c2ccccn2)c(F)c1. The number of carbonyl (C=O) groups is 1. The van der Waals surface area contributed by atoms with Crippen LogP contribution in [0.3, 0.4) is 0 Å². The van der Waals surface area contributed by atoms with Gasteiger partial charge in [0.2, 0.25) is 0 Å². The molecule has 2 aromatic rings. The van der Waals surface area contributed by atoms with Crippen LogP contribution in [0.25, 0.3) is 0 Å². The Hall–Kier alpha value is -2.27. The number of hydrogen-bond acceptors (Lipinski definition) is 3. The normalized spacial score (nSPS) is 10.2. The van der Waals surface area contributed by atoms with Crippen LogP contribution in [-0.4, -0.2) is 10.9 Å². The molecule has 0 saturated carbocycles. The molecule has 2 rings (SSSR count). The summed E-state index contributed by atoms with van der Waals surface area (Å²) in [5, 5.41) is 2.62. The molecule has 0 unspecified atom stereocenters. The van der Waals surface area contributed by atoms with Crippen molar-refractivity contribution in [1.82, 2.24) is 10.3 Å². The van der Waals surface area contributed by atoms with Crippen LogP contribution >= 0.6 is 0 Å². The minimum Gasteiger partial charge on any atom is -0.347 e. The van der Waals surface area contributed by atoms with Crippen molar-refractivity contribution >= 4 is 5.91 Å². The maximum absolute atomic E-state index is 13.7. The molecule has 0 aliphatic heterocycles. The number of hydrogen-bond donors (Lipinski definition) is 2. The van der Waals surface area contributed by atoms with Crippen LogP contribution in [0.2, 0.25) is 0 Å². The lowest BCUT2D eigenvalue weighted by Gasteiger charge is -2.07. The molecule has 0 saturated heterocycles. The molecule has 3 N–H and O–H groups in total. The maximum atomic E-state index is 13.7. The van der Waals surface area contributed by atoms with Crippen molar-refractivity contribution in [2.45, 2.75) is 13.1 Å². The summed E-state index contributed by atoms with van der Waals surface area (Å²) in [4.78, 5) is 15.7. The molecule has 4 nitrogen and oxygen atoms in total. The Labute approximate surface area is 110 Å². The zero-order valence-corrected chi connectivity index (χ0v) is 10.3. The molecule has 1 aromatic heterocycles. The molecule has 5 heteroatoms. The average molecular weight is 259 g/mol. The van der Waals surface area contributed by atoms with E-state index in [4.69, 9.17) is 5.73 Å². The highest BCUT2D eigenvalue weighted by molar-refractivity contribution is 5.92. The third kappa shape index (κ3) is 3.35. The van der Waals surface area contributed by atoms with Gasteiger partial charge in [0.05, 0.1) is 0 Å². The molecule has 0 spiro atoms. The van der Waals surface area contributed by atoms with E-state index in [0.717, 1.165) is 5.56 Å². The van der Waals surface area contributed by atoms with Gasteiger partial charge >= 0.3 is 0 Å². The summed E-state index contributed by atoms with van der Waals surface area (Å²) in [6, 6.07) is 9.79. The third-order valence-corrected chi connectivity index (χ3v) is 2.69. The Morgan fingerprint density at radius 2 is 2.16 bits per heavy atom. The van der Waals surface area contributed by atoms with Crippen LogP contribution in [0.5, 0.6) is 0 Å². The van der Waals surface area contributed by atoms with E-state index in [1.807, 2.05) is 0 Å². The first-order valence-electron chi connectivity index (χ1n) is 5.87. The standard InChI is InChI=1S/C14H14FN3O/c15-12-7-10(8-16)4-5-11(12)9-18-14(19)13-3-1-2-6-17-13/h1-7H,8-9,16H2,(H,18,19). The van der Waals surface area contributed by atoms with Gasteiger partial charge in [-0.25, -0.2) is 4.39 Å². The summed E-state index contributed by atoms with van der Waals surface area (Å²) in [6.07, 6.45) is 1.53. The number of benzene rings is 1. The predicted molar refractivity (Wildman–Crippen MR) is 69.7 cm³/mol. The molecule has 0 aliphatic rings. The fourth-order valence-electron chi connectivity index (χ4n) is 1.62. The lowest BCUT2D eigenvalue weighted by molar-refractivity contribution is 0.0945. The van der Waals surface area contributed by atoms with E-state index in [1.54, 1.807) is 30.3 Å². The molecule has 19 heavy (non-hydrogen) atoms. The highest BCUT2D eigenvalue weighted by Crippen LogP contribution is 2.10. The molecule has 0 bridgehead atoms. The topological polar surface area (TPSA) is 68.0 Å². The summed E-state index contributed by atoms with van der Waals surface area (Å²) in [6.45, 7) is 0.406. The fraction of sp³-hybridized carbons (Fsp3) is 0.143. The van der Waals surface area contributed by atoms with E-state index in [-0.39, 0.29) is 24.8 Å². The van der Waals surface area contributed by atoms with Crippen LogP contribution in [0, 0.1) is 5.82 Å². The van der Waals surface area contributed by atoms with Crippen molar-refractivity contribution < 1.29 is 9.18 Å². The Morgan fingerprint density at radius 3 is 2.79 bits per heavy atom. The summed E-state index contributed by atoms with van der Waals surface area (Å²) in [5.74, 6) is -0.702. The molecule has 1 aromatic carbocycles. The molecule has 0 atom stereocenters. The highest BCUT2D eigenvalue weighted by atomic mass is 19.1. The number of nitrogens with one attached hydrogen (secondary N) is 1. The summed E-state index contributed by atoms with van der Waals surface area (Å²) in [5.41, 5.74) is 6.87. The third-order valence-electron chi connectivity index (χ3n) is 2.69. The molecular weight excluding hydrogens is 245 g/mol. The molecule has 0 fully saturated rings. The number of amides is 1. The van der Waals surface area contributed by atoms with Gasteiger partial charge in [-0.3, -0.25) is 9.78 Å². The van der Waals surface area contributed by atoms with Gasteiger partial charge in [-0.2, -0.15) is 0 Å². The number of halogens is 1. The van der Waals surface area contributed by atoms with E-state index in [9.17, 15) is 9.18 Å². The smallest absolute Gasteiger partial charge is 0.270 e. The average Bonchev–Trinajstić information content (AvgIpc) is 2.46. The Kier molecular flexibility index (Phi) is 4.20. The maximum Gasteiger partial charge on any atom is 0.270 e. The van der Waals surface area contributed by atoms with Crippen molar-refractivity contribution in [3.05, 3.63) is 65.2 Å². The Bertz CT molecular complexity index is 572. The number of carbonyl (C=O) groups excluding carboxylic acids is 1. The van der Waals surface area contributed by atoms with E-state index < -0.39 is 0 Å². The predicted octanol–water partition coefficient (Wildman–Crippen LogP) is 1.61. The number of nitrogens with zero attached hydrogens (tertiary/aromatic N) is 1. The molecule has 1 amide bonds. The van der Waals surface area contributed by atoms with Crippen LogP contribution in [0.4, 0.5) is 4.39 Å². The van der Waals surface area contributed by atoms with E-state index in [0.29, 0.717) is 11.3 Å². The minimum atomic E-state index is -0.371. The Morgan fingerprint density at radius 1 is 1.32 bits per heavy atom.